The number of carbonyl (C=O) groups is 1. The van der Waals surface area contributed by atoms with Gasteiger partial charge >= 0.3 is 0 Å². The fourth-order valence-corrected chi connectivity index (χ4v) is 3.46. The van der Waals surface area contributed by atoms with E-state index in [-0.39, 0.29) is 16.5 Å². The maximum absolute atomic E-state index is 12.6. The van der Waals surface area contributed by atoms with Gasteiger partial charge in [-0.3, -0.25) is 9.52 Å². The fraction of sp³-hybridized carbons (Fsp3) is 0.0556. The molecular weight excluding hydrogens is 340 g/mol. The molecule has 0 saturated heterocycles. The van der Waals surface area contributed by atoms with Crippen LogP contribution in [0, 0.1) is 0 Å². The van der Waals surface area contributed by atoms with E-state index in [9.17, 15) is 13.2 Å². The molecule has 0 atom stereocenters. The smallest absolute Gasteiger partial charge is 0.261 e. The van der Waals surface area contributed by atoms with Gasteiger partial charge in [-0.1, -0.05) is 18.2 Å². The molecule has 3 aromatic rings. The van der Waals surface area contributed by atoms with Crippen molar-refractivity contribution in [1.82, 2.24) is 5.32 Å². The number of sulfonamides is 1. The molecule has 1 aromatic heterocycles. The Labute approximate surface area is 145 Å². The third-order valence-corrected chi connectivity index (χ3v) is 4.97. The molecule has 0 bridgehead atoms. The highest BCUT2D eigenvalue weighted by molar-refractivity contribution is 7.92. The zero-order valence-corrected chi connectivity index (χ0v) is 14.2. The molecule has 0 unspecified atom stereocenters. The summed E-state index contributed by atoms with van der Waals surface area (Å²) in [5, 5.41) is 2.52. The Bertz CT molecular complexity index is 981. The van der Waals surface area contributed by atoms with Crippen LogP contribution in [0.5, 0.6) is 0 Å². The molecular formula is C18H16N2O4S. The molecule has 0 aliphatic carbocycles. The third kappa shape index (κ3) is 3.56. The average Bonchev–Trinajstić information content (AvgIpc) is 3.16. The average molecular weight is 356 g/mol. The van der Waals surface area contributed by atoms with Gasteiger partial charge in [0.1, 0.15) is 5.76 Å². The van der Waals surface area contributed by atoms with Gasteiger partial charge in [0, 0.05) is 18.2 Å². The Morgan fingerprint density at radius 3 is 2.40 bits per heavy atom. The van der Waals surface area contributed by atoms with E-state index in [2.05, 4.69) is 10.0 Å². The molecule has 7 heteroatoms. The van der Waals surface area contributed by atoms with Gasteiger partial charge in [-0.15, -0.1) is 0 Å². The van der Waals surface area contributed by atoms with Gasteiger partial charge in [0.15, 0.2) is 0 Å². The second-order valence-corrected chi connectivity index (χ2v) is 6.92. The van der Waals surface area contributed by atoms with E-state index in [4.69, 9.17) is 4.42 Å². The van der Waals surface area contributed by atoms with Crippen LogP contribution in [0.15, 0.2) is 76.2 Å². The molecule has 128 valence electrons. The minimum absolute atomic E-state index is 0.130. The number of hydrogen-bond acceptors (Lipinski definition) is 4. The summed E-state index contributed by atoms with van der Waals surface area (Å²) in [6, 6.07) is 16.2. The molecule has 0 aliphatic heterocycles. The van der Waals surface area contributed by atoms with Crippen molar-refractivity contribution in [3.63, 3.8) is 0 Å². The zero-order valence-electron chi connectivity index (χ0n) is 13.4. The molecule has 6 nitrogen and oxygen atoms in total. The number of nitrogens with one attached hydrogen (secondary N) is 2. The van der Waals surface area contributed by atoms with Gasteiger partial charge in [0.2, 0.25) is 0 Å². The summed E-state index contributed by atoms with van der Waals surface area (Å²) in [7, 11) is -2.29. The summed E-state index contributed by atoms with van der Waals surface area (Å²) in [6.07, 6.45) is 1.50. The first kappa shape index (κ1) is 16.8. The molecule has 0 radical (unpaired) electrons. The van der Waals surface area contributed by atoms with Crippen LogP contribution in [-0.4, -0.2) is 21.4 Å². The van der Waals surface area contributed by atoms with Crippen LogP contribution in [0.3, 0.4) is 0 Å². The molecule has 0 spiro atoms. The minimum Gasteiger partial charge on any atom is -0.464 e. The van der Waals surface area contributed by atoms with E-state index < -0.39 is 10.0 Å². The van der Waals surface area contributed by atoms with E-state index in [0.29, 0.717) is 16.9 Å². The summed E-state index contributed by atoms with van der Waals surface area (Å²) in [5.41, 5.74) is 1.14. The van der Waals surface area contributed by atoms with Gasteiger partial charge in [0.25, 0.3) is 15.9 Å². The van der Waals surface area contributed by atoms with Crippen LogP contribution in [0.4, 0.5) is 5.69 Å². The standard InChI is InChI=1S/C18H16N2O4S/c1-19-18(21)13-9-10-15(17-8-5-11-24-17)16(12-13)20-25(22,23)14-6-3-2-4-7-14/h2-12,20H,1H3,(H,19,21). The molecule has 25 heavy (non-hydrogen) atoms. The SMILES string of the molecule is CNC(=O)c1ccc(-c2ccco2)c(NS(=O)(=O)c2ccccc2)c1. The summed E-state index contributed by atoms with van der Waals surface area (Å²) >= 11 is 0. The Morgan fingerprint density at radius 1 is 1.00 bits per heavy atom. The van der Waals surface area contributed by atoms with Crippen molar-refractivity contribution in [2.24, 2.45) is 0 Å². The van der Waals surface area contributed by atoms with Crippen LogP contribution in [0.2, 0.25) is 0 Å². The number of carbonyl (C=O) groups excluding carboxylic acids is 1. The molecule has 0 saturated carbocycles. The Balaban J connectivity index is 2.08. The lowest BCUT2D eigenvalue weighted by molar-refractivity contribution is 0.0963. The van der Waals surface area contributed by atoms with E-state index >= 15 is 0 Å². The highest BCUT2D eigenvalue weighted by Crippen LogP contribution is 2.31. The second-order valence-electron chi connectivity index (χ2n) is 5.24. The van der Waals surface area contributed by atoms with Crippen molar-refractivity contribution in [2.45, 2.75) is 4.90 Å². The number of hydrogen-bond donors (Lipinski definition) is 2. The molecule has 2 aromatic carbocycles. The quantitative estimate of drug-likeness (QED) is 0.735. The van der Waals surface area contributed by atoms with Gasteiger partial charge in [-0.05, 0) is 42.5 Å². The summed E-state index contributed by atoms with van der Waals surface area (Å²) < 4.78 is 33.2. The Morgan fingerprint density at radius 2 is 1.76 bits per heavy atom. The predicted molar refractivity (Wildman–Crippen MR) is 94.8 cm³/mol. The largest absolute Gasteiger partial charge is 0.464 e. The molecule has 1 amide bonds. The van der Waals surface area contributed by atoms with Crippen LogP contribution in [0.1, 0.15) is 10.4 Å². The fourth-order valence-electron chi connectivity index (χ4n) is 2.36. The molecule has 0 fully saturated rings. The molecule has 0 aliphatic rings. The lowest BCUT2D eigenvalue weighted by Gasteiger charge is -2.13. The van der Waals surface area contributed by atoms with Crippen molar-refractivity contribution in [3.05, 3.63) is 72.5 Å². The number of amides is 1. The van der Waals surface area contributed by atoms with Crippen LogP contribution in [-0.2, 0) is 10.0 Å². The summed E-state index contributed by atoms with van der Waals surface area (Å²) in [5.74, 6) is 0.181. The van der Waals surface area contributed by atoms with Crippen molar-refractivity contribution in [3.8, 4) is 11.3 Å². The van der Waals surface area contributed by atoms with Gasteiger partial charge in [0.05, 0.1) is 16.8 Å². The highest BCUT2D eigenvalue weighted by Gasteiger charge is 2.19. The lowest BCUT2D eigenvalue weighted by atomic mass is 10.1. The van der Waals surface area contributed by atoms with Crippen molar-refractivity contribution >= 4 is 21.6 Å². The van der Waals surface area contributed by atoms with Crippen LogP contribution < -0.4 is 10.0 Å². The molecule has 3 rings (SSSR count). The number of furan rings is 1. The monoisotopic (exact) mass is 356 g/mol. The van der Waals surface area contributed by atoms with E-state index in [1.807, 2.05) is 0 Å². The van der Waals surface area contributed by atoms with Crippen molar-refractivity contribution in [2.75, 3.05) is 11.8 Å². The normalized spacial score (nSPS) is 11.1. The summed E-state index contributed by atoms with van der Waals surface area (Å²) in [6.45, 7) is 0. The number of benzene rings is 2. The minimum atomic E-state index is -3.80. The maximum Gasteiger partial charge on any atom is 0.261 e. The van der Waals surface area contributed by atoms with E-state index in [1.54, 1.807) is 42.5 Å². The third-order valence-electron chi connectivity index (χ3n) is 3.59. The highest BCUT2D eigenvalue weighted by atomic mass is 32.2. The van der Waals surface area contributed by atoms with Gasteiger partial charge < -0.3 is 9.73 Å². The first-order chi connectivity index (χ1) is 12.0. The van der Waals surface area contributed by atoms with E-state index in [0.717, 1.165) is 0 Å². The van der Waals surface area contributed by atoms with E-state index in [1.165, 1.54) is 31.5 Å². The van der Waals surface area contributed by atoms with Crippen LogP contribution >= 0.6 is 0 Å². The summed E-state index contributed by atoms with van der Waals surface area (Å²) in [4.78, 5) is 12.0. The van der Waals surface area contributed by atoms with Gasteiger partial charge in [-0.2, -0.15) is 0 Å². The molecule has 2 N–H and O–H groups in total. The second kappa shape index (κ2) is 6.82. The van der Waals surface area contributed by atoms with Crippen molar-refractivity contribution in [1.29, 1.82) is 0 Å². The Hall–Kier alpha value is -3.06. The topological polar surface area (TPSA) is 88.4 Å². The molecule has 1 heterocycles. The van der Waals surface area contributed by atoms with Crippen molar-refractivity contribution < 1.29 is 17.6 Å². The lowest BCUT2D eigenvalue weighted by Crippen LogP contribution is -2.19. The number of rotatable bonds is 5. The maximum atomic E-state index is 12.6. The predicted octanol–water partition coefficient (Wildman–Crippen LogP) is 3.11. The number of anilines is 1. The van der Waals surface area contributed by atoms with Crippen LogP contribution in [0.25, 0.3) is 11.3 Å². The first-order valence-electron chi connectivity index (χ1n) is 7.49. The van der Waals surface area contributed by atoms with Gasteiger partial charge in [-0.25, -0.2) is 8.42 Å². The Kier molecular flexibility index (Phi) is 4.58. The first-order valence-corrected chi connectivity index (χ1v) is 8.97. The zero-order chi connectivity index (χ0) is 17.9.